The fourth-order valence-corrected chi connectivity index (χ4v) is 4.12. The maximum absolute atomic E-state index is 13.4. The first-order valence-corrected chi connectivity index (χ1v) is 11.5. The minimum Gasteiger partial charge on any atom is -0.508 e. The van der Waals surface area contributed by atoms with Crippen molar-refractivity contribution in [3.63, 3.8) is 0 Å². The summed E-state index contributed by atoms with van der Waals surface area (Å²) in [4.78, 5) is 13.4. The Labute approximate surface area is 210 Å². The maximum Gasteiger partial charge on any atom is 0.229 e. The largest absolute Gasteiger partial charge is 0.508 e. The van der Waals surface area contributed by atoms with E-state index in [-0.39, 0.29) is 51.3 Å². The van der Waals surface area contributed by atoms with Gasteiger partial charge < -0.3 is 49.6 Å². The van der Waals surface area contributed by atoms with Gasteiger partial charge in [-0.25, -0.2) is 0 Å². The van der Waals surface area contributed by atoms with Crippen LogP contribution in [0.3, 0.4) is 0 Å². The van der Waals surface area contributed by atoms with Crippen LogP contribution in [0.5, 0.6) is 23.0 Å². The summed E-state index contributed by atoms with van der Waals surface area (Å²) >= 11 is 0. The second kappa shape index (κ2) is 10.4. The fraction of sp³-hybridized carbons (Fsp3) is 0.346. The topological polar surface area (TPSA) is 190 Å². The second-order valence-electron chi connectivity index (χ2n) is 9.06. The van der Waals surface area contributed by atoms with Crippen LogP contribution in [0.2, 0.25) is 0 Å². The normalized spacial score (nSPS) is 23.7. The van der Waals surface area contributed by atoms with Crippen LogP contribution in [0, 0.1) is 0 Å². The molecule has 2 aromatic carbocycles. The molecule has 5 atom stereocenters. The molecule has 11 heteroatoms. The highest BCUT2D eigenvalue weighted by atomic mass is 16.7. The number of phenols is 3. The van der Waals surface area contributed by atoms with Crippen molar-refractivity contribution in [3.8, 4) is 34.1 Å². The number of ether oxygens (including phenoxy) is 2. The lowest BCUT2D eigenvalue weighted by Crippen LogP contribution is -2.60. The van der Waals surface area contributed by atoms with Crippen LogP contribution in [0.1, 0.15) is 19.4 Å². The Hall–Kier alpha value is -3.61. The van der Waals surface area contributed by atoms with Gasteiger partial charge in [-0.3, -0.25) is 4.79 Å². The Morgan fingerprint density at radius 3 is 2.41 bits per heavy atom. The van der Waals surface area contributed by atoms with E-state index in [0.717, 1.165) is 17.9 Å². The number of aliphatic hydroxyl groups excluding tert-OH is 4. The Morgan fingerprint density at radius 1 is 1.03 bits per heavy atom. The highest BCUT2D eigenvalue weighted by Gasteiger charge is 2.45. The summed E-state index contributed by atoms with van der Waals surface area (Å²) < 4.78 is 16.8. The van der Waals surface area contributed by atoms with Crippen LogP contribution in [-0.2, 0) is 11.2 Å². The van der Waals surface area contributed by atoms with Gasteiger partial charge in [-0.2, -0.15) is 0 Å². The summed E-state index contributed by atoms with van der Waals surface area (Å²) in [7, 11) is 0. The summed E-state index contributed by atoms with van der Waals surface area (Å²) in [6, 6.07) is 5.00. The number of aliphatic hydroxyl groups is 4. The zero-order valence-electron chi connectivity index (χ0n) is 20.0. The van der Waals surface area contributed by atoms with Crippen LogP contribution in [0.4, 0.5) is 0 Å². The molecule has 0 unspecified atom stereocenters. The molecular formula is C26H28O11. The van der Waals surface area contributed by atoms with Gasteiger partial charge in [0, 0.05) is 23.3 Å². The first-order valence-electron chi connectivity index (χ1n) is 11.5. The average molecular weight is 516 g/mol. The number of rotatable bonds is 6. The molecule has 1 aliphatic rings. The van der Waals surface area contributed by atoms with Gasteiger partial charge in [0.05, 0.1) is 12.2 Å². The molecule has 1 fully saturated rings. The summed E-state index contributed by atoms with van der Waals surface area (Å²) in [6.45, 7) is 3.01. The van der Waals surface area contributed by atoms with Gasteiger partial charge in [0.1, 0.15) is 64.6 Å². The van der Waals surface area contributed by atoms with E-state index in [0.29, 0.717) is 0 Å². The molecule has 37 heavy (non-hydrogen) atoms. The molecule has 0 radical (unpaired) electrons. The molecule has 7 N–H and O–H groups in total. The van der Waals surface area contributed by atoms with Crippen molar-refractivity contribution in [2.24, 2.45) is 0 Å². The van der Waals surface area contributed by atoms with Gasteiger partial charge in [0.2, 0.25) is 11.7 Å². The number of phenolic OH excluding ortho intramolecular Hbond substituents is 3. The Bertz CT molecular complexity index is 1390. The third-order valence-electron chi connectivity index (χ3n) is 6.18. The molecule has 198 valence electrons. The number of hydrogen-bond donors (Lipinski definition) is 7. The van der Waals surface area contributed by atoms with Crippen LogP contribution in [-0.4, -0.2) is 73.1 Å². The lowest BCUT2D eigenvalue weighted by atomic mass is 9.98. The van der Waals surface area contributed by atoms with E-state index in [1.807, 2.05) is 13.8 Å². The minimum atomic E-state index is -1.70. The van der Waals surface area contributed by atoms with Crippen molar-refractivity contribution in [1.29, 1.82) is 0 Å². The predicted octanol–water partition coefficient (Wildman–Crippen LogP) is 1.26. The van der Waals surface area contributed by atoms with E-state index >= 15 is 0 Å². The lowest BCUT2D eigenvalue weighted by Gasteiger charge is -2.39. The molecule has 4 rings (SSSR count). The van der Waals surface area contributed by atoms with Gasteiger partial charge >= 0.3 is 0 Å². The number of benzene rings is 2. The molecule has 3 aromatic rings. The van der Waals surface area contributed by atoms with Crippen molar-refractivity contribution in [2.75, 3.05) is 6.61 Å². The van der Waals surface area contributed by atoms with Crippen molar-refractivity contribution < 1.29 is 49.6 Å². The van der Waals surface area contributed by atoms with E-state index in [1.54, 1.807) is 6.08 Å². The van der Waals surface area contributed by atoms with Crippen molar-refractivity contribution in [1.82, 2.24) is 0 Å². The summed E-state index contributed by atoms with van der Waals surface area (Å²) in [5.74, 6) is -1.06. The van der Waals surface area contributed by atoms with Gasteiger partial charge in [-0.1, -0.05) is 11.6 Å². The first-order chi connectivity index (χ1) is 17.5. The van der Waals surface area contributed by atoms with E-state index in [1.165, 1.54) is 18.2 Å². The number of aromatic hydroxyl groups is 3. The molecule has 0 amide bonds. The van der Waals surface area contributed by atoms with E-state index < -0.39 is 48.5 Å². The van der Waals surface area contributed by atoms with Crippen LogP contribution in [0.25, 0.3) is 22.1 Å². The van der Waals surface area contributed by atoms with Crippen LogP contribution in [0.15, 0.2) is 51.4 Å². The summed E-state index contributed by atoms with van der Waals surface area (Å²) in [6.07, 6.45) is -4.74. The van der Waals surface area contributed by atoms with E-state index in [2.05, 4.69) is 0 Å². The SMILES string of the molecule is CC(C)=CCc1c(O[C@H]2O[C@@H](CO)[C@H](O)[C@H](O)[C@@H]2O)cc2occ(-c3ccc(O)cc3O)c(=O)c2c1O. The second-order valence-corrected chi connectivity index (χ2v) is 9.06. The van der Waals surface area contributed by atoms with E-state index in [9.17, 15) is 40.5 Å². The highest BCUT2D eigenvalue weighted by Crippen LogP contribution is 2.39. The van der Waals surface area contributed by atoms with Crippen LogP contribution < -0.4 is 10.2 Å². The van der Waals surface area contributed by atoms with Gasteiger partial charge in [-0.05, 0) is 32.4 Å². The molecule has 2 heterocycles. The zero-order chi connectivity index (χ0) is 27.0. The van der Waals surface area contributed by atoms with Crippen molar-refractivity contribution in [3.05, 3.63) is 58.0 Å². The third-order valence-corrected chi connectivity index (χ3v) is 6.18. The van der Waals surface area contributed by atoms with Crippen LogP contribution >= 0.6 is 0 Å². The first kappa shape index (κ1) is 26.5. The van der Waals surface area contributed by atoms with Gasteiger partial charge in [-0.15, -0.1) is 0 Å². The standard InChI is InChI=1S/C26H28O11/c1-11(2)3-5-14-17(36-26-25(34)24(33)23(32)19(9-27)37-26)8-18-20(21(14)30)22(31)15(10-35-18)13-6-4-12(28)7-16(13)29/h3-4,6-8,10,19,23-30,32-34H,5,9H2,1-2H3/t19-,23-,24-,25-,26-/m0/s1. The van der Waals surface area contributed by atoms with Gasteiger partial charge in [0.15, 0.2) is 0 Å². The quantitative estimate of drug-likeness (QED) is 0.234. The summed E-state index contributed by atoms with van der Waals surface area (Å²) in [5, 5.41) is 70.8. The molecule has 0 bridgehead atoms. The molecule has 0 spiro atoms. The monoisotopic (exact) mass is 516 g/mol. The lowest BCUT2D eigenvalue weighted by molar-refractivity contribution is -0.277. The molecule has 0 saturated carbocycles. The molecule has 1 aromatic heterocycles. The molecular weight excluding hydrogens is 488 g/mol. The molecule has 1 aliphatic heterocycles. The fourth-order valence-electron chi connectivity index (χ4n) is 4.12. The minimum absolute atomic E-state index is 0.0322. The van der Waals surface area contributed by atoms with Gasteiger partial charge in [0.25, 0.3) is 0 Å². The maximum atomic E-state index is 13.4. The highest BCUT2D eigenvalue weighted by molar-refractivity contribution is 5.90. The Kier molecular flexibility index (Phi) is 7.44. The average Bonchev–Trinajstić information content (AvgIpc) is 2.84. The smallest absolute Gasteiger partial charge is 0.229 e. The van der Waals surface area contributed by atoms with Crippen molar-refractivity contribution in [2.45, 2.75) is 51.0 Å². The Balaban J connectivity index is 1.85. The van der Waals surface area contributed by atoms with Crippen molar-refractivity contribution >= 4 is 11.0 Å². The number of hydrogen-bond acceptors (Lipinski definition) is 11. The summed E-state index contributed by atoms with van der Waals surface area (Å²) in [5.41, 5.74) is 0.331. The Morgan fingerprint density at radius 2 is 1.76 bits per heavy atom. The number of fused-ring (bicyclic) bond motifs is 1. The molecule has 1 saturated heterocycles. The molecule has 0 aliphatic carbocycles. The predicted molar refractivity (Wildman–Crippen MR) is 130 cm³/mol. The number of allylic oxidation sites excluding steroid dienone is 2. The molecule has 11 nitrogen and oxygen atoms in total. The third kappa shape index (κ3) is 4.99. The van der Waals surface area contributed by atoms with E-state index in [4.69, 9.17) is 13.9 Å². The zero-order valence-corrected chi connectivity index (χ0v) is 20.0.